The van der Waals surface area contributed by atoms with Gasteiger partial charge in [0.1, 0.15) is 0 Å². The van der Waals surface area contributed by atoms with Crippen LogP contribution in [0.15, 0.2) is 12.1 Å². The molecule has 0 aliphatic heterocycles. The van der Waals surface area contributed by atoms with Crippen LogP contribution in [-0.4, -0.2) is 6.54 Å². The molecule has 0 bridgehead atoms. The highest BCUT2D eigenvalue weighted by Gasteiger charge is 2.33. The topological polar surface area (TPSA) is 26.0 Å². The monoisotopic (exact) mass is 259 g/mol. The number of hydrogen-bond donors (Lipinski definition) is 1. The van der Waals surface area contributed by atoms with Gasteiger partial charge in [0, 0.05) is 0 Å². The molecule has 1 aliphatic carbocycles. The highest BCUT2D eigenvalue weighted by molar-refractivity contribution is 5.38. The van der Waals surface area contributed by atoms with E-state index in [2.05, 4.69) is 39.8 Å². The third kappa shape index (κ3) is 3.20. The Balaban J connectivity index is 2.24. The molecule has 1 fully saturated rings. The highest BCUT2D eigenvalue weighted by Crippen LogP contribution is 2.41. The summed E-state index contributed by atoms with van der Waals surface area (Å²) in [6.07, 6.45) is 6.48. The average molecular weight is 259 g/mol. The van der Waals surface area contributed by atoms with E-state index in [0.29, 0.717) is 5.41 Å². The summed E-state index contributed by atoms with van der Waals surface area (Å²) in [4.78, 5) is 0. The molecule has 0 atom stereocenters. The molecular weight excluding hydrogens is 230 g/mol. The molecule has 1 nitrogen and oxygen atoms in total. The first-order valence-corrected chi connectivity index (χ1v) is 7.72. The molecule has 0 radical (unpaired) electrons. The predicted molar refractivity (Wildman–Crippen MR) is 83.5 cm³/mol. The molecular formula is C18H29N. The summed E-state index contributed by atoms with van der Waals surface area (Å²) in [5.41, 5.74) is 12.3. The maximum Gasteiger partial charge on any atom is -0.00173 e. The minimum atomic E-state index is 0.358. The summed E-state index contributed by atoms with van der Waals surface area (Å²) in [5.74, 6) is 0.889. The first-order valence-electron chi connectivity index (χ1n) is 7.72. The van der Waals surface area contributed by atoms with Crippen molar-refractivity contribution >= 4 is 0 Å². The van der Waals surface area contributed by atoms with Crippen molar-refractivity contribution in [2.24, 2.45) is 17.1 Å². The molecule has 0 amide bonds. The Morgan fingerprint density at radius 2 is 1.63 bits per heavy atom. The van der Waals surface area contributed by atoms with Gasteiger partial charge in [-0.15, -0.1) is 0 Å². The van der Waals surface area contributed by atoms with Crippen LogP contribution in [-0.2, 0) is 6.42 Å². The fourth-order valence-corrected chi connectivity index (χ4v) is 3.69. The third-order valence-corrected chi connectivity index (χ3v) is 5.16. The van der Waals surface area contributed by atoms with Gasteiger partial charge in [0.15, 0.2) is 0 Å². The first-order chi connectivity index (χ1) is 8.96. The Labute approximate surface area is 118 Å². The lowest BCUT2D eigenvalue weighted by Crippen LogP contribution is -2.36. The molecule has 19 heavy (non-hydrogen) atoms. The largest absolute Gasteiger partial charge is 0.330 e. The van der Waals surface area contributed by atoms with Gasteiger partial charge < -0.3 is 5.73 Å². The first kappa shape index (κ1) is 14.6. The van der Waals surface area contributed by atoms with Gasteiger partial charge in [-0.25, -0.2) is 0 Å². The van der Waals surface area contributed by atoms with Gasteiger partial charge in [-0.3, -0.25) is 0 Å². The van der Waals surface area contributed by atoms with Gasteiger partial charge in [0.25, 0.3) is 0 Å². The third-order valence-electron chi connectivity index (χ3n) is 5.16. The van der Waals surface area contributed by atoms with E-state index < -0.39 is 0 Å². The van der Waals surface area contributed by atoms with Crippen molar-refractivity contribution in [3.8, 4) is 0 Å². The van der Waals surface area contributed by atoms with Crippen LogP contribution in [0.4, 0.5) is 0 Å². The van der Waals surface area contributed by atoms with E-state index in [-0.39, 0.29) is 0 Å². The minimum absolute atomic E-state index is 0.358. The zero-order chi connectivity index (χ0) is 14.0. The Kier molecular flexibility index (Phi) is 4.35. The fraction of sp³-hybridized carbons (Fsp3) is 0.667. The molecule has 0 unspecified atom stereocenters. The van der Waals surface area contributed by atoms with Crippen LogP contribution in [0.25, 0.3) is 0 Å². The van der Waals surface area contributed by atoms with E-state index in [1.807, 2.05) is 0 Å². The average Bonchev–Trinajstić information content (AvgIpc) is 2.36. The maximum absolute atomic E-state index is 6.16. The summed E-state index contributed by atoms with van der Waals surface area (Å²) in [6, 6.07) is 4.63. The number of rotatable bonds is 3. The van der Waals surface area contributed by atoms with E-state index in [0.717, 1.165) is 12.5 Å². The second-order valence-electron chi connectivity index (χ2n) is 6.94. The van der Waals surface area contributed by atoms with Gasteiger partial charge >= 0.3 is 0 Å². The van der Waals surface area contributed by atoms with Crippen LogP contribution >= 0.6 is 0 Å². The van der Waals surface area contributed by atoms with Crippen LogP contribution in [0.1, 0.15) is 54.9 Å². The normalized spacial score (nSPS) is 27.5. The van der Waals surface area contributed by atoms with E-state index in [1.54, 1.807) is 5.56 Å². The lowest BCUT2D eigenvalue weighted by atomic mass is 9.67. The summed E-state index contributed by atoms with van der Waals surface area (Å²) in [5, 5.41) is 0. The van der Waals surface area contributed by atoms with Gasteiger partial charge in [0.05, 0.1) is 0 Å². The van der Waals surface area contributed by atoms with Crippen LogP contribution in [0, 0.1) is 32.1 Å². The summed E-state index contributed by atoms with van der Waals surface area (Å²) in [6.45, 7) is 9.91. The van der Waals surface area contributed by atoms with Crippen LogP contribution in [0.5, 0.6) is 0 Å². The zero-order valence-electron chi connectivity index (χ0n) is 13.1. The van der Waals surface area contributed by atoms with Crippen molar-refractivity contribution in [1.29, 1.82) is 0 Å². The Bertz CT molecular complexity index is 416. The second-order valence-corrected chi connectivity index (χ2v) is 6.94. The fourth-order valence-electron chi connectivity index (χ4n) is 3.69. The van der Waals surface area contributed by atoms with E-state index in [1.165, 1.54) is 48.8 Å². The lowest BCUT2D eigenvalue weighted by Gasteiger charge is -2.39. The van der Waals surface area contributed by atoms with Gasteiger partial charge in [-0.1, -0.05) is 37.5 Å². The Morgan fingerprint density at radius 3 is 2.11 bits per heavy atom. The minimum Gasteiger partial charge on any atom is -0.330 e. The van der Waals surface area contributed by atoms with Gasteiger partial charge in [-0.2, -0.15) is 0 Å². The summed E-state index contributed by atoms with van der Waals surface area (Å²) >= 11 is 0. The van der Waals surface area contributed by atoms with Crippen molar-refractivity contribution < 1.29 is 0 Å². The van der Waals surface area contributed by atoms with E-state index >= 15 is 0 Å². The molecule has 0 saturated heterocycles. The van der Waals surface area contributed by atoms with Crippen LogP contribution in [0.3, 0.4) is 0 Å². The molecule has 0 spiro atoms. The lowest BCUT2D eigenvalue weighted by molar-refractivity contribution is 0.163. The van der Waals surface area contributed by atoms with Crippen LogP contribution in [0.2, 0.25) is 0 Å². The number of hydrogen-bond acceptors (Lipinski definition) is 1. The molecule has 1 aromatic rings. The SMILES string of the molecule is Cc1cc(C)c(CC2(CN)CCC(C)CC2)c(C)c1. The maximum atomic E-state index is 6.16. The van der Waals surface area contributed by atoms with Crippen LogP contribution < -0.4 is 5.73 Å². The predicted octanol–water partition coefficient (Wildman–Crippen LogP) is 4.31. The van der Waals surface area contributed by atoms with Crippen molar-refractivity contribution in [2.75, 3.05) is 6.54 Å². The quantitative estimate of drug-likeness (QED) is 0.860. The molecule has 106 valence electrons. The number of aryl methyl sites for hydroxylation is 3. The standard InChI is InChI=1S/C18H29N/c1-13-5-7-18(12-19,8-6-13)11-17-15(3)9-14(2)10-16(17)4/h9-10,13H,5-8,11-12,19H2,1-4H3. The number of benzene rings is 1. The van der Waals surface area contributed by atoms with Crippen molar-refractivity contribution in [2.45, 2.75) is 59.8 Å². The zero-order valence-corrected chi connectivity index (χ0v) is 13.1. The van der Waals surface area contributed by atoms with Gasteiger partial charge in [-0.05, 0) is 74.6 Å². The molecule has 0 aromatic heterocycles. The Morgan fingerprint density at radius 1 is 1.11 bits per heavy atom. The van der Waals surface area contributed by atoms with E-state index in [9.17, 15) is 0 Å². The van der Waals surface area contributed by atoms with Crippen molar-refractivity contribution in [1.82, 2.24) is 0 Å². The van der Waals surface area contributed by atoms with Crippen molar-refractivity contribution in [3.63, 3.8) is 0 Å². The summed E-state index contributed by atoms with van der Waals surface area (Å²) < 4.78 is 0. The molecule has 1 aromatic carbocycles. The molecule has 1 saturated carbocycles. The Hall–Kier alpha value is -0.820. The van der Waals surface area contributed by atoms with E-state index in [4.69, 9.17) is 5.73 Å². The van der Waals surface area contributed by atoms with Gasteiger partial charge in [0.2, 0.25) is 0 Å². The molecule has 2 N–H and O–H groups in total. The molecule has 0 heterocycles. The second kappa shape index (κ2) is 5.66. The molecule has 1 heteroatoms. The van der Waals surface area contributed by atoms with Crippen molar-refractivity contribution in [3.05, 3.63) is 34.4 Å². The smallest absolute Gasteiger partial charge is 0.00173 e. The highest BCUT2D eigenvalue weighted by atomic mass is 14.6. The molecule has 1 aliphatic rings. The summed E-state index contributed by atoms with van der Waals surface area (Å²) in [7, 11) is 0. The number of nitrogens with two attached hydrogens (primary N) is 1. The molecule has 2 rings (SSSR count).